The second-order valence-electron chi connectivity index (χ2n) is 5.97. The van der Waals surface area contributed by atoms with Crippen molar-refractivity contribution in [3.8, 4) is 17.1 Å². The van der Waals surface area contributed by atoms with E-state index in [1.807, 2.05) is 24.3 Å². The second kappa shape index (κ2) is 9.73. The summed E-state index contributed by atoms with van der Waals surface area (Å²) >= 11 is 1.20. The molecule has 2 amide bonds. The predicted molar refractivity (Wildman–Crippen MR) is 107 cm³/mol. The maximum absolute atomic E-state index is 11.9. The molecule has 0 unspecified atom stereocenters. The molecule has 0 aliphatic carbocycles. The number of carbonyl (C=O) groups excluding carboxylic acids is 2. The first-order valence-electron chi connectivity index (χ1n) is 8.67. The Labute approximate surface area is 170 Å². The summed E-state index contributed by atoms with van der Waals surface area (Å²) in [4.78, 5) is 28.1. The van der Waals surface area contributed by atoms with Crippen LogP contribution in [0.4, 0.5) is 5.82 Å². The van der Waals surface area contributed by atoms with Crippen molar-refractivity contribution >= 4 is 29.4 Å². The normalized spacial score (nSPS) is 10.6. The monoisotopic (exact) mass is 416 g/mol. The molecule has 0 atom stereocenters. The van der Waals surface area contributed by atoms with E-state index >= 15 is 0 Å². The van der Waals surface area contributed by atoms with Gasteiger partial charge in [-0.2, -0.15) is 5.10 Å². The van der Waals surface area contributed by atoms with Crippen LogP contribution in [0.1, 0.15) is 11.6 Å². The molecule has 3 rings (SSSR count). The van der Waals surface area contributed by atoms with Gasteiger partial charge in [-0.15, -0.1) is 11.8 Å². The first-order valence-corrected chi connectivity index (χ1v) is 9.82. The number of H-pyrrole nitrogens is 1. The Morgan fingerprint density at radius 1 is 1.21 bits per heavy atom. The molecule has 10 nitrogen and oxygen atoms in total. The van der Waals surface area contributed by atoms with Gasteiger partial charge in [0.1, 0.15) is 17.3 Å². The van der Waals surface area contributed by atoms with Crippen molar-refractivity contribution in [2.24, 2.45) is 0 Å². The molecule has 0 saturated heterocycles. The Bertz CT molecular complexity index is 969. The number of methoxy groups -OCH3 is 1. The molecule has 0 radical (unpaired) electrons. The van der Waals surface area contributed by atoms with Crippen molar-refractivity contribution in [3.63, 3.8) is 0 Å². The summed E-state index contributed by atoms with van der Waals surface area (Å²) < 4.78 is 9.99. The number of aromatic amines is 1. The summed E-state index contributed by atoms with van der Waals surface area (Å²) in [5, 5.41) is 15.9. The highest BCUT2D eigenvalue weighted by Gasteiger charge is 2.10. The number of nitrogens with one attached hydrogen (secondary N) is 3. The van der Waals surface area contributed by atoms with Crippen molar-refractivity contribution in [2.45, 2.75) is 13.5 Å². The van der Waals surface area contributed by atoms with E-state index in [0.29, 0.717) is 23.2 Å². The Hall–Kier alpha value is -3.34. The van der Waals surface area contributed by atoms with Crippen LogP contribution in [-0.2, 0) is 16.1 Å². The van der Waals surface area contributed by atoms with Gasteiger partial charge < -0.3 is 19.9 Å². The first-order chi connectivity index (χ1) is 14.0. The third-order valence-electron chi connectivity index (χ3n) is 3.69. The molecule has 0 saturated carbocycles. The fourth-order valence-corrected chi connectivity index (χ4v) is 2.96. The fraction of sp³-hybridized carbons (Fsp3) is 0.278. The van der Waals surface area contributed by atoms with Crippen molar-refractivity contribution < 1.29 is 18.8 Å². The molecule has 0 spiro atoms. The van der Waals surface area contributed by atoms with E-state index in [2.05, 4.69) is 31.0 Å². The highest BCUT2D eigenvalue weighted by Crippen LogP contribution is 2.18. The van der Waals surface area contributed by atoms with Crippen LogP contribution in [0, 0.1) is 6.92 Å². The molecule has 3 aromatic rings. The molecule has 3 N–H and O–H groups in total. The number of thioether (sulfide) groups is 1. The lowest BCUT2D eigenvalue weighted by atomic mass is 10.2. The van der Waals surface area contributed by atoms with Crippen molar-refractivity contribution in [2.75, 3.05) is 23.9 Å². The third kappa shape index (κ3) is 6.07. The van der Waals surface area contributed by atoms with E-state index in [1.54, 1.807) is 20.1 Å². The van der Waals surface area contributed by atoms with E-state index in [-0.39, 0.29) is 29.9 Å². The number of rotatable bonds is 9. The zero-order valence-corrected chi connectivity index (χ0v) is 16.7. The van der Waals surface area contributed by atoms with Crippen molar-refractivity contribution in [3.05, 3.63) is 41.9 Å². The van der Waals surface area contributed by atoms with Crippen LogP contribution in [-0.4, -0.2) is 50.8 Å². The first kappa shape index (κ1) is 20.4. The van der Waals surface area contributed by atoms with Gasteiger partial charge in [-0.1, -0.05) is 5.16 Å². The predicted octanol–water partition coefficient (Wildman–Crippen LogP) is 1.76. The highest BCUT2D eigenvalue weighted by molar-refractivity contribution is 8.00. The van der Waals surface area contributed by atoms with Crippen LogP contribution < -0.4 is 15.4 Å². The smallest absolute Gasteiger partial charge is 0.235 e. The molecule has 29 heavy (non-hydrogen) atoms. The average molecular weight is 416 g/mol. The number of aromatic nitrogens is 4. The van der Waals surface area contributed by atoms with Gasteiger partial charge in [0.25, 0.3) is 0 Å². The van der Waals surface area contributed by atoms with Gasteiger partial charge in [0, 0.05) is 11.6 Å². The molecule has 11 heteroatoms. The van der Waals surface area contributed by atoms with Gasteiger partial charge in [0.05, 0.1) is 25.2 Å². The summed E-state index contributed by atoms with van der Waals surface area (Å²) in [5.41, 5.74) is 0.837. The lowest BCUT2D eigenvalue weighted by Gasteiger charge is -2.03. The number of aryl methyl sites for hydroxylation is 1. The third-order valence-corrected chi connectivity index (χ3v) is 4.63. The Kier molecular flexibility index (Phi) is 6.85. The SMILES string of the molecule is COc1ccc(-c2n[nH]c(CNC(=O)CSCC(=O)Nc3cc(C)on3)n2)cc1. The topological polar surface area (TPSA) is 135 Å². The van der Waals surface area contributed by atoms with Gasteiger partial charge in [-0.25, -0.2) is 4.98 Å². The standard InChI is InChI=1S/C18H20N6O4S/c1-11-7-14(24-28-11)20-17(26)10-29-9-16(25)19-8-15-21-18(23-22-15)12-3-5-13(27-2)6-4-12/h3-7H,8-10H2,1-2H3,(H,19,25)(H,20,24,26)(H,21,22,23). The minimum absolute atomic E-state index is 0.128. The van der Waals surface area contributed by atoms with Gasteiger partial charge >= 0.3 is 0 Å². The maximum Gasteiger partial charge on any atom is 0.235 e. The number of anilines is 1. The molecular formula is C18H20N6O4S. The molecule has 152 valence electrons. The molecule has 0 bridgehead atoms. The van der Waals surface area contributed by atoms with Gasteiger partial charge in [-0.3, -0.25) is 14.7 Å². The molecule has 0 aliphatic rings. The number of benzene rings is 1. The highest BCUT2D eigenvalue weighted by atomic mass is 32.2. The molecule has 0 aliphatic heterocycles. The van der Waals surface area contributed by atoms with Crippen LogP contribution in [0.25, 0.3) is 11.4 Å². The summed E-state index contributed by atoms with van der Waals surface area (Å²) in [7, 11) is 1.60. The van der Waals surface area contributed by atoms with E-state index in [0.717, 1.165) is 11.3 Å². The zero-order valence-electron chi connectivity index (χ0n) is 15.9. The van der Waals surface area contributed by atoms with Crippen LogP contribution in [0.5, 0.6) is 5.75 Å². The lowest BCUT2D eigenvalue weighted by Crippen LogP contribution is -2.26. The van der Waals surface area contributed by atoms with E-state index in [1.165, 1.54) is 11.8 Å². The maximum atomic E-state index is 11.9. The van der Waals surface area contributed by atoms with E-state index in [4.69, 9.17) is 9.26 Å². The summed E-state index contributed by atoms with van der Waals surface area (Å²) in [5.74, 6) is 2.59. The van der Waals surface area contributed by atoms with Crippen molar-refractivity contribution in [1.82, 2.24) is 25.7 Å². The van der Waals surface area contributed by atoms with Crippen LogP contribution in [0.2, 0.25) is 0 Å². The van der Waals surface area contributed by atoms with Gasteiger partial charge in [0.15, 0.2) is 11.6 Å². The number of hydrogen-bond acceptors (Lipinski definition) is 8. The van der Waals surface area contributed by atoms with Crippen LogP contribution >= 0.6 is 11.8 Å². The lowest BCUT2D eigenvalue weighted by molar-refractivity contribution is -0.118. The fourth-order valence-electron chi connectivity index (χ4n) is 2.32. The van der Waals surface area contributed by atoms with E-state index < -0.39 is 0 Å². The molecule has 2 heterocycles. The van der Waals surface area contributed by atoms with E-state index in [9.17, 15) is 9.59 Å². The zero-order chi connectivity index (χ0) is 20.6. The number of ether oxygens (including phenoxy) is 1. The largest absolute Gasteiger partial charge is 0.497 e. The number of carbonyl (C=O) groups is 2. The van der Waals surface area contributed by atoms with Crippen LogP contribution in [0.3, 0.4) is 0 Å². The summed E-state index contributed by atoms with van der Waals surface area (Å²) in [6.07, 6.45) is 0. The molecule has 1 aromatic carbocycles. The molecule has 2 aromatic heterocycles. The van der Waals surface area contributed by atoms with Gasteiger partial charge in [0.2, 0.25) is 11.8 Å². The number of nitrogens with zero attached hydrogens (tertiary/aromatic N) is 3. The minimum atomic E-state index is -0.254. The Morgan fingerprint density at radius 3 is 2.66 bits per heavy atom. The quantitative estimate of drug-likeness (QED) is 0.480. The van der Waals surface area contributed by atoms with Crippen LogP contribution in [0.15, 0.2) is 34.9 Å². The van der Waals surface area contributed by atoms with Crippen molar-refractivity contribution in [1.29, 1.82) is 0 Å². The molecular weight excluding hydrogens is 396 g/mol. The Balaban J connectivity index is 1.38. The summed E-state index contributed by atoms with van der Waals surface area (Å²) in [6, 6.07) is 8.97. The van der Waals surface area contributed by atoms with Gasteiger partial charge in [-0.05, 0) is 31.2 Å². The molecule has 0 fully saturated rings. The Morgan fingerprint density at radius 2 is 1.97 bits per heavy atom. The minimum Gasteiger partial charge on any atom is -0.497 e. The average Bonchev–Trinajstić information content (AvgIpc) is 3.35. The number of hydrogen-bond donors (Lipinski definition) is 3. The summed E-state index contributed by atoms with van der Waals surface area (Å²) in [6.45, 7) is 1.95. The second-order valence-corrected chi connectivity index (χ2v) is 6.96. The number of amides is 2.